The summed E-state index contributed by atoms with van der Waals surface area (Å²) < 4.78 is 5.04. The molecule has 188 valence electrons. The van der Waals surface area contributed by atoms with E-state index in [9.17, 15) is 19.5 Å². The van der Waals surface area contributed by atoms with Gasteiger partial charge >= 0.3 is 5.97 Å². The van der Waals surface area contributed by atoms with Crippen LogP contribution in [0.5, 0.6) is 11.5 Å². The lowest BCUT2D eigenvalue weighted by atomic mass is 10.0. The zero-order chi connectivity index (χ0) is 25.8. The first-order valence-corrected chi connectivity index (χ1v) is 11.8. The average molecular weight is 491 g/mol. The summed E-state index contributed by atoms with van der Waals surface area (Å²) in [6.07, 6.45) is 2.75. The summed E-state index contributed by atoms with van der Waals surface area (Å²) >= 11 is 0. The third-order valence-electron chi connectivity index (χ3n) is 5.51. The average Bonchev–Trinajstić information content (AvgIpc) is 2.88. The fraction of sp³-hybridized carbons (Fsp3) is 0.250. The Kier molecular flexibility index (Phi) is 9.88. The molecule has 1 atom stereocenters. The lowest BCUT2D eigenvalue weighted by molar-refractivity contribution is -0.139. The maximum Gasteiger partial charge on any atom is 0.341 e. The summed E-state index contributed by atoms with van der Waals surface area (Å²) in [6, 6.07) is 22.3. The number of phenols is 1. The van der Waals surface area contributed by atoms with Crippen molar-refractivity contribution in [1.29, 1.82) is 0 Å². The third kappa shape index (κ3) is 8.47. The second-order valence-corrected chi connectivity index (χ2v) is 8.31. The molecule has 0 aliphatic heterocycles. The zero-order valence-electron chi connectivity index (χ0n) is 19.9. The first kappa shape index (κ1) is 26.3. The standard InChI is InChI=1S/C28H30N2O6/c31-24-18-21(14-15-25(24)36-19-26(32)33)17-23(30-27(34)22-12-5-2-6-13-22)28(35)29-16-8-7-11-20-9-3-1-4-10-20/h1-6,9-10,12-15,18,23,31H,7-8,11,16-17,19H2,(H,29,35)(H,30,34)(H,32,33). The molecule has 1 unspecified atom stereocenters. The van der Waals surface area contributed by atoms with Gasteiger partial charge < -0.3 is 25.6 Å². The summed E-state index contributed by atoms with van der Waals surface area (Å²) in [6.45, 7) is -0.119. The Morgan fingerprint density at radius 3 is 2.22 bits per heavy atom. The zero-order valence-corrected chi connectivity index (χ0v) is 19.9. The van der Waals surface area contributed by atoms with Crippen LogP contribution in [0.4, 0.5) is 0 Å². The van der Waals surface area contributed by atoms with E-state index in [1.165, 1.54) is 17.7 Å². The van der Waals surface area contributed by atoms with Crippen LogP contribution in [0.25, 0.3) is 0 Å². The number of carbonyl (C=O) groups is 3. The van der Waals surface area contributed by atoms with Crippen molar-refractivity contribution in [2.24, 2.45) is 0 Å². The van der Waals surface area contributed by atoms with Crippen molar-refractivity contribution < 1.29 is 29.3 Å². The molecule has 2 amide bonds. The fourth-order valence-electron chi connectivity index (χ4n) is 3.66. The van der Waals surface area contributed by atoms with E-state index >= 15 is 0 Å². The SMILES string of the molecule is O=C(O)COc1ccc(CC(NC(=O)c2ccccc2)C(=O)NCCCCc2ccccc2)cc1O. The van der Waals surface area contributed by atoms with Crippen molar-refractivity contribution in [2.75, 3.05) is 13.2 Å². The summed E-state index contributed by atoms with van der Waals surface area (Å²) in [4.78, 5) is 36.4. The van der Waals surface area contributed by atoms with Gasteiger partial charge in [0.2, 0.25) is 5.91 Å². The minimum atomic E-state index is -1.16. The quantitative estimate of drug-likeness (QED) is 0.273. The van der Waals surface area contributed by atoms with Gasteiger partial charge in [-0.25, -0.2) is 4.79 Å². The highest BCUT2D eigenvalue weighted by Crippen LogP contribution is 2.27. The van der Waals surface area contributed by atoms with Gasteiger partial charge in [-0.15, -0.1) is 0 Å². The third-order valence-corrected chi connectivity index (χ3v) is 5.51. The Bertz CT molecular complexity index is 1150. The predicted octanol–water partition coefficient (Wildman–Crippen LogP) is 3.34. The molecular formula is C28H30N2O6. The maximum absolute atomic E-state index is 13.0. The molecule has 0 saturated heterocycles. The normalized spacial score (nSPS) is 11.3. The molecule has 0 aromatic heterocycles. The number of ether oxygens (including phenoxy) is 1. The number of aliphatic carboxylic acids is 1. The van der Waals surface area contributed by atoms with E-state index in [4.69, 9.17) is 9.84 Å². The van der Waals surface area contributed by atoms with E-state index in [2.05, 4.69) is 22.8 Å². The van der Waals surface area contributed by atoms with Crippen molar-refractivity contribution in [1.82, 2.24) is 10.6 Å². The molecule has 3 aromatic rings. The van der Waals surface area contributed by atoms with Crippen molar-refractivity contribution in [3.05, 3.63) is 95.6 Å². The number of hydrogen-bond donors (Lipinski definition) is 4. The van der Waals surface area contributed by atoms with Crippen molar-refractivity contribution in [3.8, 4) is 11.5 Å². The highest BCUT2D eigenvalue weighted by Gasteiger charge is 2.22. The van der Waals surface area contributed by atoms with E-state index in [-0.39, 0.29) is 29.7 Å². The van der Waals surface area contributed by atoms with Crippen LogP contribution < -0.4 is 15.4 Å². The molecule has 0 bridgehead atoms. The van der Waals surface area contributed by atoms with Gasteiger partial charge in [-0.1, -0.05) is 54.6 Å². The van der Waals surface area contributed by atoms with Gasteiger partial charge in [0.25, 0.3) is 5.91 Å². The first-order valence-electron chi connectivity index (χ1n) is 11.8. The molecule has 0 aliphatic rings. The van der Waals surface area contributed by atoms with E-state index in [1.54, 1.807) is 36.4 Å². The number of benzene rings is 3. The van der Waals surface area contributed by atoms with Crippen LogP contribution in [0, 0.1) is 0 Å². The minimum Gasteiger partial charge on any atom is -0.504 e. The lowest BCUT2D eigenvalue weighted by Gasteiger charge is -2.19. The topological polar surface area (TPSA) is 125 Å². The monoisotopic (exact) mass is 490 g/mol. The molecule has 4 N–H and O–H groups in total. The molecule has 0 saturated carbocycles. The second-order valence-electron chi connectivity index (χ2n) is 8.31. The molecular weight excluding hydrogens is 460 g/mol. The van der Waals surface area contributed by atoms with E-state index < -0.39 is 18.6 Å². The largest absolute Gasteiger partial charge is 0.504 e. The van der Waals surface area contributed by atoms with Gasteiger partial charge in [-0.2, -0.15) is 0 Å². The van der Waals surface area contributed by atoms with Crippen molar-refractivity contribution in [3.63, 3.8) is 0 Å². The van der Waals surface area contributed by atoms with Crippen molar-refractivity contribution >= 4 is 17.8 Å². The smallest absolute Gasteiger partial charge is 0.341 e. The molecule has 0 fully saturated rings. The Labute approximate surface area is 209 Å². The number of aryl methyl sites for hydroxylation is 1. The van der Waals surface area contributed by atoms with E-state index in [0.29, 0.717) is 17.7 Å². The Hall–Kier alpha value is -4.33. The van der Waals surface area contributed by atoms with Crippen molar-refractivity contribution in [2.45, 2.75) is 31.7 Å². The van der Waals surface area contributed by atoms with Gasteiger partial charge in [0.15, 0.2) is 18.1 Å². The maximum atomic E-state index is 13.0. The van der Waals surface area contributed by atoms with Gasteiger partial charge in [-0.3, -0.25) is 9.59 Å². The van der Waals surface area contributed by atoms with E-state index in [1.807, 2.05) is 18.2 Å². The molecule has 8 heteroatoms. The van der Waals surface area contributed by atoms with Gasteiger partial charge in [-0.05, 0) is 54.7 Å². The number of carbonyl (C=O) groups excluding carboxylic acids is 2. The molecule has 0 spiro atoms. The number of amides is 2. The van der Waals surface area contributed by atoms with Gasteiger partial charge in [0.1, 0.15) is 6.04 Å². The highest BCUT2D eigenvalue weighted by molar-refractivity contribution is 5.97. The summed E-state index contributed by atoms with van der Waals surface area (Å²) in [7, 11) is 0. The van der Waals surface area contributed by atoms with Crippen LogP contribution in [-0.2, 0) is 22.4 Å². The number of aromatic hydroxyl groups is 1. The molecule has 36 heavy (non-hydrogen) atoms. The number of unbranched alkanes of at least 4 members (excludes halogenated alkanes) is 1. The summed E-state index contributed by atoms with van der Waals surface area (Å²) in [5.41, 5.74) is 2.25. The molecule has 3 rings (SSSR count). The number of nitrogens with one attached hydrogen (secondary N) is 2. The highest BCUT2D eigenvalue weighted by atomic mass is 16.5. The second kappa shape index (κ2) is 13.5. The van der Waals surface area contributed by atoms with Crippen LogP contribution in [0.3, 0.4) is 0 Å². The molecule has 0 aliphatic carbocycles. The predicted molar refractivity (Wildman–Crippen MR) is 135 cm³/mol. The minimum absolute atomic E-state index is 0.0221. The van der Waals surface area contributed by atoms with Gasteiger partial charge in [0, 0.05) is 18.5 Å². The molecule has 0 radical (unpaired) electrons. The summed E-state index contributed by atoms with van der Waals surface area (Å²) in [5, 5.41) is 24.6. The number of hydrogen-bond acceptors (Lipinski definition) is 5. The van der Waals surface area contributed by atoms with Crippen LogP contribution in [0.1, 0.15) is 34.3 Å². The Morgan fingerprint density at radius 1 is 0.861 bits per heavy atom. The molecule has 3 aromatic carbocycles. The first-order chi connectivity index (χ1) is 17.4. The molecule has 8 nitrogen and oxygen atoms in total. The number of carboxylic acids is 1. The number of rotatable bonds is 13. The molecule has 0 heterocycles. The fourth-order valence-corrected chi connectivity index (χ4v) is 3.66. The Morgan fingerprint density at radius 2 is 1.56 bits per heavy atom. The number of phenolic OH excluding ortho intramolecular Hbond substituents is 1. The summed E-state index contributed by atoms with van der Waals surface area (Å²) in [5.74, 6) is -2.10. The Balaban J connectivity index is 1.62. The van der Waals surface area contributed by atoms with E-state index in [0.717, 1.165) is 19.3 Å². The van der Waals surface area contributed by atoms with Crippen LogP contribution in [0.15, 0.2) is 78.9 Å². The van der Waals surface area contributed by atoms with Crippen LogP contribution in [-0.4, -0.2) is 47.2 Å². The lowest BCUT2D eigenvalue weighted by Crippen LogP contribution is -2.48. The van der Waals surface area contributed by atoms with Crippen LogP contribution >= 0.6 is 0 Å². The van der Waals surface area contributed by atoms with Gasteiger partial charge in [0.05, 0.1) is 0 Å². The number of carboxylic acid groups (broad SMARTS) is 1. The van der Waals surface area contributed by atoms with Crippen LogP contribution in [0.2, 0.25) is 0 Å².